The van der Waals surface area contributed by atoms with Gasteiger partial charge in [-0.2, -0.15) is 0 Å². The van der Waals surface area contributed by atoms with Gasteiger partial charge in [-0.05, 0) is 49.9 Å². The molecule has 6 aromatic carbocycles. The monoisotopic (exact) mass is 742 g/mol. The lowest BCUT2D eigenvalue weighted by Gasteiger charge is -2.38. The Morgan fingerprint density at radius 3 is 1.13 bits per heavy atom. The predicted octanol–water partition coefficient (Wildman–Crippen LogP) is 13.8. The fourth-order valence-corrected chi connectivity index (χ4v) is 10.2. The van der Waals surface area contributed by atoms with Gasteiger partial charge in [-0.15, -0.1) is 0 Å². The molecule has 1 nitrogen and oxygen atoms in total. The summed E-state index contributed by atoms with van der Waals surface area (Å²) in [7, 11) is 0.151. The van der Waals surface area contributed by atoms with Crippen molar-refractivity contribution in [3.63, 3.8) is 0 Å². The average molecular weight is 743 g/mol. The Balaban J connectivity index is 1.58. The van der Waals surface area contributed by atoms with Gasteiger partial charge in [0.05, 0.1) is 0 Å². The maximum Gasteiger partial charge on any atom is 0.131 e. The third-order valence-electron chi connectivity index (χ3n) is 12.8. The number of fused-ring (bicyclic) bond motifs is 2. The largest absolute Gasteiger partial charge is 0.472 e. The normalized spacial score (nSPS) is 15.5. The van der Waals surface area contributed by atoms with Crippen molar-refractivity contribution in [3.8, 4) is 5.75 Å². The molecule has 2 heteroatoms. The Labute approximate surface area is 333 Å². The Hall–Kier alpha value is -4.45. The summed E-state index contributed by atoms with van der Waals surface area (Å²) in [5, 5.41) is 1.34. The summed E-state index contributed by atoms with van der Waals surface area (Å²) < 4.78 is 7.42. The molecule has 0 saturated heterocycles. The fraction of sp³-hybridized carbons (Fsp3) is 0.321. The van der Waals surface area contributed by atoms with E-state index in [9.17, 15) is 0 Å². The third-order valence-corrected chi connectivity index (χ3v) is 13.9. The van der Waals surface area contributed by atoms with Gasteiger partial charge >= 0.3 is 0 Å². The topological polar surface area (TPSA) is 9.23 Å². The molecule has 55 heavy (non-hydrogen) atoms. The summed E-state index contributed by atoms with van der Waals surface area (Å²) >= 11 is 0. The molecule has 1 aliphatic heterocycles. The molecule has 2 unspecified atom stereocenters. The maximum atomic E-state index is 7.42. The second-order valence-electron chi connectivity index (χ2n) is 18.9. The number of rotatable bonds is 8. The van der Waals surface area contributed by atoms with E-state index >= 15 is 0 Å². The fourth-order valence-electron chi connectivity index (χ4n) is 8.93. The van der Waals surface area contributed by atoms with E-state index in [2.05, 4.69) is 222 Å². The van der Waals surface area contributed by atoms with Crippen molar-refractivity contribution in [1.82, 2.24) is 0 Å². The first kappa shape index (κ1) is 38.8. The standard InChI is InChI=1S/C53H59OP/c1-49(2,3)46-42-32-40(50(4,5)36-24-16-12-17-25-36)34-44(52(8,9)38-28-20-14-21-29-38)47(42)54-55-48-43(46)33-41(51(6,7)37-26-18-13-19-27-37)35-45(48)53(10,11)39-30-22-15-23-31-39/h12-35,46,55H,1-11H3. The molecule has 0 radical (unpaired) electrons. The van der Waals surface area contributed by atoms with Crippen LogP contribution >= 0.6 is 8.81 Å². The number of hydrogen-bond acceptors (Lipinski definition) is 1. The van der Waals surface area contributed by atoms with Crippen molar-refractivity contribution in [2.45, 2.75) is 104 Å². The minimum Gasteiger partial charge on any atom is -0.472 e. The second kappa shape index (κ2) is 14.2. The molecule has 6 aromatic rings. The van der Waals surface area contributed by atoms with Gasteiger partial charge in [-0.1, -0.05) is 222 Å². The van der Waals surface area contributed by atoms with E-state index in [1.807, 2.05) is 0 Å². The summed E-state index contributed by atoms with van der Waals surface area (Å²) in [5.74, 6) is 1.12. The molecular weight excluding hydrogens is 684 g/mol. The van der Waals surface area contributed by atoms with Crippen LogP contribution in [0.25, 0.3) is 0 Å². The highest BCUT2D eigenvalue weighted by Crippen LogP contribution is 2.55. The van der Waals surface area contributed by atoms with Crippen molar-refractivity contribution in [2.24, 2.45) is 5.41 Å². The van der Waals surface area contributed by atoms with E-state index in [4.69, 9.17) is 4.52 Å². The molecule has 0 bridgehead atoms. The highest BCUT2D eigenvalue weighted by atomic mass is 31.1. The summed E-state index contributed by atoms with van der Waals surface area (Å²) in [4.78, 5) is 0. The highest BCUT2D eigenvalue weighted by Gasteiger charge is 2.42. The first-order valence-electron chi connectivity index (χ1n) is 20.0. The minimum absolute atomic E-state index is 0.0705. The van der Waals surface area contributed by atoms with E-state index in [0.29, 0.717) is 0 Å². The van der Waals surface area contributed by atoms with E-state index in [1.165, 1.54) is 60.9 Å². The molecule has 0 fully saturated rings. The quantitative estimate of drug-likeness (QED) is 0.141. The molecule has 0 saturated carbocycles. The van der Waals surface area contributed by atoms with Crippen LogP contribution in [-0.4, -0.2) is 0 Å². The van der Waals surface area contributed by atoms with Gasteiger partial charge in [0.25, 0.3) is 0 Å². The van der Waals surface area contributed by atoms with Crippen molar-refractivity contribution in [3.05, 3.63) is 201 Å². The van der Waals surface area contributed by atoms with Crippen molar-refractivity contribution in [2.75, 3.05) is 0 Å². The Morgan fingerprint density at radius 1 is 0.382 bits per heavy atom. The zero-order valence-electron chi connectivity index (χ0n) is 34.8. The highest BCUT2D eigenvalue weighted by molar-refractivity contribution is 7.42. The number of hydrogen-bond donors (Lipinski definition) is 0. The van der Waals surface area contributed by atoms with Crippen molar-refractivity contribution in [1.29, 1.82) is 0 Å². The molecule has 0 N–H and O–H groups in total. The lowest BCUT2D eigenvalue weighted by atomic mass is 9.65. The van der Waals surface area contributed by atoms with E-state index in [0.717, 1.165) is 5.75 Å². The van der Waals surface area contributed by atoms with Gasteiger partial charge in [0.1, 0.15) is 14.6 Å². The summed E-state index contributed by atoms with van der Waals surface area (Å²) in [6.45, 7) is 26.4. The minimum atomic E-state index is -0.315. The summed E-state index contributed by atoms with van der Waals surface area (Å²) in [5.41, 5.74) is 12.0. The van der Waals surface area contributed by atoms with Crippen molar-refractivity contribution >= 4 is 14.1 Å². The molecule has 282 valence electrons. The summed E-state index contributed by atoms with van der Waals surface area (Å²) in [6, 6.07) is 54.1. The van der Waals surface area contributed by atoms with Crippen LogP contribution in [-0.2, 0) is 21.7 Å². The third kappa shape index (κ3) is 7.00. The Kier molecular flexibility index (Phi) is 10.1. The van der Waals surface area contributed by atoms with Gasteiger partial charge in [-0.3, -0.25) is 0 Å². The lowest BCUT2D eigenvalue weighted by molar-refractivity contribution is 0.355. The van der Waals surface area contributed by atoms with Gasteiger partial charge in [0, 0.05) is 44.0 Å². The van der Waals surface area contributed by atoms with Crippen LogP contribution < -0.4 is 9.83 Å². The zero-order chi connectivity index (χ0) is 39.4. The molecule has 1 aliphatic rings. The first-order valence-corrected chi connectivity index (χ1v) is 20.9. The summed E-state index contributed by atoms with van der Waals surface area (Å²) in [6.07, 6.45) is 0. The molecular formula is C53H59OP. The van der Waals surface area contributed by atoms with E-state index in [1.54, 1.807) is 0 Å². The number of benzene rings is 6. The molecule has 1 heterocycles. The molecule has 0 aromatic heterocycles. The molecule has 0 aliphatic carbocycles. The predicted molar refractivity (Wildman–Crippen MR) is 237 cm³/mol. The smallest absolute Gasteiger partial charge is 0.131 e. The van der Waals surface area contributed by atoms with Crippen LogP contribution in [0.5, 0.6) is 5.75 Å². The van der Waals surface area contributed by atoms with Gasteiger partial charge < -0.3 is 4.52 Å². The van der Waals surface area contributed by atoms with Crippen LogP contribution in [0.4, 0.5) is 0 Å². The SMILES string of the molecule is CC(C)(c1ccccc1)c1cc2c(c(C(C)(C)c3ccccc3)c1)OPc1c(cc(C(C)(C)c3ccccc3)cc1C(C)(C)c1ccccc1)C2C(C)(C)C. The van der Waals surface area contributed by atoms with E-state index in [-0.39, 0.29) is 41.8 Å². The van der Waals surface area contributed by atoms with Gasteiger partial charge in [0.15, 0.2) is 0 Å². The Morgan fingerprint density at radius 2 is 0.727 bits per heavy atom. The first-order chi connectivity index (χ1) is 25.9. The van der Waals surface area contributed by atoms with Crippen LogP contribution in [0, 0.1) is 5.41 Å². The van der Waals surface area contributed by atoms with E-state index < -0.39 is 0 Å². The van der Waals surface area contributed by atoms with Crippen LogP contribution in [0.15, 0.2) is 146 Å². The van der Waals surface area contributed by atoms with Crippen LogP contribution in [0.1, 0.15) is 138 Å². The van der Waals surface area contributed by atoms with Gasteiger partial charge in [-0.25, -0.2) is 0 Å². The average Bonchev–Trinajstić information content (AvgIpc) is 3.35. The maximum absolute atomic E-state index is 7.42. The van der Waals surface area contributed by atoms with Crippen molar-refractivity contribution < 1.29 is 4.52 Å². The molecule has 2 atom stereocenters. The molecule has 0 amide bonds. The lowest BCUT2D eigenvalue weighted by Crippen LogP contribution is -2.32. The van der Waals surface area contributed by atoms with Crippen LogP contribution in [0.2, 0.25) is 0 Å². The van der Waals surface area contributed by atoms with Gasteiger partial charge in [0.2, 0.25) is 0 Å². The second-order valence-corrected chi connectivity index (χ2v) is 19.8. The molecule has 7 rings (SSSR count). The Bertz CT molecular complexity index is 2120. The molecule has 0 spiro atoms. The van der Waals surface area contributed by atoms with Crippen LogP contribution in [0.3, 0.4) is 0 Å². The zero-order valence-corrected chi connectivity index (χ0v) is 35.8.